The maximum atomic E-state index is 15.8. The molecule has 55 heavy (non-hydrogen) atoms. The Morgan fingerprint density at radius 3 is 1.69 bits per heavy atom. The molecule has 0 N–H and O–H groups in total. The first-order valence-electron chi connectivity index (χ1n) is 17.6. The molecule has 0 saturated carbocycles. The van der Waals surface area contributed by atoms with Crippen molar-refractivity contribution in [2.24, 2.45) is 0 Å². The van der Waals surface area contributed by atoms with Crippen molar-refractivity contribution in [2.45, 2.75) is 12.5 Å². The van der Waals surface area contributed by atoms with Crippen LogP contribution in [0.4, 0.5) is 22.0 Å². The van der Waals surface area contributed by atoms with Crippen LogP contribution < -0.4 is 0 Å². The molecule has 0 fully saturated rings. The van der Waals surface area contributed by atoms with Gasteiger partial charge in [0.25, 0.3) is 0 Å². The van der Waals surface area contributed by atoms with Crippen molar-refractivity contribution >= 4 is 49.2 Å². The highest BCUT2D eigenvalue weighted by atomic mass is 19.2. The maximum absolute atomic E-state index is 15.8. The fourth-order valence-corrected chi connectivity index (χ4v) is 7.92. The molecular weight excluding hydrogens is 706 g/mol. The molecule has 266 valence electrons. The molecule has 0 saturated heterocycles. The van der Waals surface area contributed by atoms with Crippen molar-refractivity contribution in [3.63, 3.8) is 0 Å². The van der Waals surface area contributed by atoms with Gasteiger partial charge in [0.15, 0.2) is 40.7 Å². The number of fused-ring (bicyclic) bond motifs is 7. The summed E-state index contributed by atoms with van der Waals surface area (Å²) in [7, 11) is 0. The van der Waals surface area contributed by atoms with E-state index in [2.05, 4.69) is 10.6 Å². The van der Waals surface area contributed by atoms with E-state index >= 15 is 8.78 Å². The second-order valence-electron chi connectivity index (χ2n) is 13.4. The Labute approximate surface area is 310 Å². The molecule has 9 aromatic rings. The Hall–Kier alpha value is -6.94. The van der Waals surface area contributed by atoms with Gasteiger partial charge in [-0.25, -0.2) is 36.9 Å². The lowest BCUT2D eigenvalue weighted by molar-refractivity contribution is 0.376. The Balaban J connectivity index is 1.27. The predicted octanol–water partition coefficient (Wildman–Crippen LogP) is 11.7. The van der Waals surface area contributed by atoms with Crippen LogP contribution in [0.25, 0.3) is 77.6 Å². The van der Waals surface area contributed by atoms with Gasteiger partial charge in [0.1, 0.15) is 5.69 Å². The van der Waals surface area contributed by atoms with E-state index in [-0.39, 0.29) is 6.04 Å². The molecule has 1 aliphatic carbocycles. The van der Waals surface area contributed by atoms with Crippen molar-refractivity contribution in [3.8, 4) is 28.5 Å². The monoisotopic (exact) mass is 731 g/mol. The maximum Gasteiger partial charge on any atom is 0.200 e. The third-order valence-electron chi connectivity index (χ3n) is 10.3. The van der Waals surface area contributed by atoms with Crippen LogP contribution in [0, 0.1) is 29.1 Å². The number of hydrogen-bond donors (Lipinski definition) is 0. The van der Waals surface area contributed by atoms with Crippen molar-refractivity contribution < 1.29 is 22.0 Å². The van der Waals surface area contributed by atoms with Crippen LogP contribution in [0.3, 0.4) is 0 Å². The van der Waals surface area contributed by atoms with Crippen LogP contribution in [0.2, 0.25) is 0 Å². The summed E-state index contributed by atoms with van der Waals surface area (Å²) < 4.78 is 79.1. The lowest BCUT2D eigenvalue weighted by atomic mass is 9.97. The second kappa shape index (κ2) is 12.6. The van der Waals surface area contributed by atoms with Crippen LogP contribution >= 0.6 is 0 Å². The van der Waals surface area contributed by atoms with E-state index in [1.807, 2.05) is 109 Å². The molecule has 0 amide bonds. The first-order valence-corrected chi connectivity index (χ1v) is 17.6. The fraction of sp³-hybridized carbons (Fsp3) is 0.0444. The third kappa shape index (κ3) is 4.94. The molecule has 1 unspecified atom stereocenters. The van der Waals surface area contributed by atoms with Gasteiger partial charge in [0.05, 0.1) is 22.6 Å². The molecule has 6 aromatic carbocycles. The molecule has 0 bridgehead atoms. The number of rotatable bonds is 5. The lowest BCUT2D eigenvalue weighted by Gasteiger charge is -2.25. The molecular formula is C45H26F5N5. The van der Waals surface area contributed by atoms with Crippen LogP contribution in [-0.4, -0.2) is 24.1 Å². The van der Waals surface area contributed by atoms with Gasteiger partial charge in [-0.05, 0) is 24.6 Å². The van der Waals surface area contributed by atoms with Crippen molar-refractivity contribution in [1.29, 1.82) is 0 Å². The lowest BCUT2D eigenvalue weighted by Crippen LogP contribution is -2.15. The molecule has 0 aliphatic heterocycles. The van der Waals surface area contributed by atoms with Gasteiger partial charge >= 0.3 is 0 Å². The quantitative estimate of drug-likeness (QED) is 0.101. The summed E-state index contributed by atoms with van der Waals surface area (Å²) >= 11 is 0. The standard InChI is InChI=1S/C45H26F5N5/c46-36-37(47)39(49)42(40(50)38(36)48)55-31-20-10-7-17-27(31)28-23-24-34-35(41(28)55)29-18-8-11-21-32(29)54(34)33-22-12-9-19-30(33)45-52-43(25-13-3-1-4-14-25)51-44(53-45)26-15-5-2-6-16-26/h1-21,23-24,33H,22H2. The number of hydrogen-bond acceptors (Lipinski definition) is 3. The molecule has 0 spiro atoms. The van der Waals surface area contributed by atoms with Crippen LogP contribution in [0.15, 0.2) is 140 Å². The molecule has 10 heteroatoms. The van der Waals surface area contributed by atoms with Gasteiger partial charge in [-0.3, -0.25) is 0 Å². The fourth-order valence-electron chi connectivity index (χ4n) is 7.92. The highest BCUT2D eigenvalue weighted by Gasteiger charge is 2.32. The first kappa shape index (κ1) is 32.7. The van der Waals surface area contributed by atoms with E-state index < -0.39 is 34.8 Å². The van der Waals surface area contributed by atoms with Gasteiger partial charge in [-0.1, -0.05) is 121 Å². The van der Waals surface area contributed by atoms with Crippen LogP contribution in [0.5, 0.6) is 0 Å². The predicted molar refractivity (Wildman–Crippen MR) is 205 cm³/mol. The zero-order chi connectivity index (χ0) is 37.4. The SMILES string of the molecule is Fc1c(F)c(F)c(-n2c3ccccc3c3ccc4c(c5ccccc5n4C4CC=CC=C4c4nc(-c5ccccc5)nc(-c5ccccc5)n4)c32)c(F)c1F. The van der Waals surface area contributed by atoms with Crippen molar-refractivity contribution in [2.75, 3.05) is 0 Å². The summed E-state index contributed by atoms with van der Waals surface area (Å²) in [6.07, 6.45) is 6.55. The van der Waals surface area contributed by atoms with Gasteiger partial charge in [-0.15, -0.1) is 0 Å². The summed E-state index contributed by atoms with van der Waals surface area (Å²) in [5.74, 6) is -8.58. The Kier molecular flexibility index (Phi) is 7.48. The number of aromatic nitrogens is 5. The average molecular weight is 732 g/mol. The number of benzene rings is 6. The van der Waals surface area contributed by atoms with Gasteiger partial charge in [-0.2, -0.15) is 0 Å². The van der Waals surface area contributed by atoms with Crippen LogP contribution in [-0.2, 0) is 0 Å². The average Bonchev–Trinajstić information content (AvgIpc) is 3.75. The van der Waals surface area contributed by atoms with Crippen LogP contribution in [0.1, 0.15) is 18.3 Å². The van der Waals surface area contributed by atoms with Gasteiger partial charge < -0.3 is 9.13 Å². The normalized spacial score (nSPS) is 14.4. The molecule has 3 heterocycles. The topological polar surface area (TPSA) is 48.5 Å². The summed E-state index contributed by atoms with van der Waals surface area (Å²) in [6, 6.07) is 37.2. The molecule has 10 rings (SSSR count). The van der Waals surface area contributed by atoms with E-state index in [1.165, 1.54) is 4.57 Å². The number of allylic oxidation sites excluding steroid dienone is 4. The second-order valence-corrected chi connectivity index (χ2v) is 13.4. The van der Waals surface area contributed by atoms with E-state index in [0.717, 1.165) is 27.6 Å². The zero-order valence-corrected chi connectivity index (χ0v) is 28.7. The summed E-state index contributed by atoms with van der Waals surface area (Å²) in [6.45, 7) is 0. The van der Waals surface area contributed by atoms with E-state index in [4.69, 9.17) is 15.0 Å². The van der Waals surface area contributed by atoms with Crippen molar-refractivity contribution in [3.05, 3.63) is 174 Å². The summed E-state index contributed by atoms with van der Waals surface area (Å²) in [5, 5.41) is 2.50. The minimum absolute atomic E-state index is 0.290. The van der Waals surface area contributed by atoms with E-state index in [9.17, 15) is 13.2 Å². The van der Waals surface area contributed by atoms with E-state index in [1.54, 1.807) is 24.3 Å². The molecule has 3 aromatic heterocycles. The molecule has 1 atom stereocenters. The minimum atomic E-state index is -2.21. The highest BCUT2D eigenvalue weighted by molar-refractivity contribution is 6.26. The number of halogens is 5. The Bertz CT molecular complexity index is 2990. The first-order chi connectivity index (χ1) is 26.9. The Morgan fingerprint density at radius 1 is 0.491 bits per heavy atom. The largest absolute Gasteiger partial charge is 0.332 e. The molecule has 1 aliphatic rings. The molecule has 5 nitrogen and oxygen atoms in total. The zero-order valence-electron chi connectivity index (χ0n) is 28.7. The van der Waals surface area contributed by atoms with Gasteiger partial charge in [0, 0.05) is 43.8 Å². The Morgan fingerprint density at radius 2 is 1.04 bits per heavy atom. The summed E-state index contributed by atoms with van der Waals surface area (Å²) in [4.78, 5) is 14.9. The van der Waals surface area contributed by atoms with Gasteiger partial charge in [0.2, 0.25) is 5.82 Å². The third-order valence-corrected chi connectivity index (χ3v) is 10.3. The minimum Gasteiger partial charge on any atom is -0.332 e. The smallest absolute Gasteiger partial charge is 0.200 e. The summed E-state index contributed by atoms with van der Waals surface area (Å²) in [5.41, 5.74) is 3.51. The van der Waals surface area contributed by atoms with Crippen molar-refractivity contribution in [1.82, 2.24) is 24.1 Å². The molecule has 0 radical (unpaired) electrons. The number of nitrogens with zero attached hydrogens (tertiary/aromatic N) is 5. The van der Waals surface area contributed by atoms with E-state index in [0.29, 0.717) is 56.6 Å². The highest BCUT2D eigenvalue weighted by Crippen LogP contribution is 2.46. The number of para-hydroxylation sites is 2.